The van der Waals surface area contributed by atoms with E-state index in [1.807, 2.05) is 26.8 Å². The first kappa shape index (κ1) is 14.1. The molecule has 0 aliphatic rings. The molecule has 0 heterocycles. The van der Waals surface area contributed by atoms with Gasteiger partial charge in [-0.15, -0.1) is 0 Å². The molecule has 0 saturated carbocycles. The fourth-order valence-corrected chi connectivity index (χ4v) is 2.22. The summed E-state index contributed by atoms with van der Waals surface area (Å²) in [5, 5.41) is 18.8. The Kier molecular flexibility index (Phi) is 3.53. The molecule has 0 aliphatic carbocycles. The minimum absolute atomic E-state index is 0.188. The van der Waals surface area contributed by atoms with E-state index in [9.17, 15) is 9.90 Å². The molecular weight excluding hydrogens is 252 g/mol. The summed E-state index contributed by atoms with van der Waals surface area (Å²) in [7, 11) is 0. The average molecular weight is 270 g/mol. The number of carbonyl (C=O) groups is 1. The molecule has 0 saturated heterocycles. The summed E-state index contributed by atoms with van der Waals surface area (Å²) in [5.41, 5.74) is 2.86. The smallest absolute Gasteiger partial charge is 0.335 e. The van der Waals surface area contributed by atoms with Gasteiger partial charge in [-0.05, 0) is 46.4 Å². The van der Waals surface area contributed by atoms with Crippen molar-refractivity contribution in [2.75, 3.05) is 0 Å². The van der Waals surface area contributed by atoms with E-state index >= 15 is 0 Å². The molecule has 20 heavy (non-hydrogen) atoms. The lowest BCUT2D eigenvalue weighted by Gasteiger charge is -2.23. The molecule has 0 aliphatic heterocycles. The zero-order valence-electron chi connectivity index (χ0n) is 11.8. The van der Waals surface area contributed by atoms with Crippen LogP contribution in [0.2, 0.25) is 0 Å². The van der Waals surface area contributed by atoms with Crippen LogP contribution in [0, 0.1) is 0 Å². The van der Waals surface area contributed by atoms with Gasteiger partial charge in [0.15, 0.2) is 0 Å². The predicted molar refractivity (Wildman–Crippen MR) is 79.2 cm³/mol. The zero-order valence-corrected chi connectivity index (χ0v) is 11.8. The molecule has 2 aromatic rings. The van der Waals surface area contributed by atoms with Gasteiger partial charge >= 0.3 is 5.97 Å². The molecule has 0 unspecified atom stereocenters. The van der Waals surface area contributed by atoms with Crippen molar-refractivity contribution in [2.45, 2.75) is 26.2 Å². The van der Waals surface area contributed by atoms with Crippen LogP contribution in [0.5, 0.6) is 5.75 Å². The highest BCUT2D eigenvalue weighted by Crippen LogP contribution is 2.34. The lowest BCUT2D eigenvalue weighted by atomic mass is 9.81. The van der Waals surface area contributed by atoms with Crippen LogP contribution in [-0.2, 0) is 5.41 Å². The first-order chi connectivity index (χ1) is 9.29. The molecule has 2 N–H and O–H groups in total. The Hall–Kier alpha value is -2.29. The number of phenols is 1. The maximum Gasteiger partial charge on any atom is 0.335 e. The van der Waals surface area contributed by atoms with Gasteiger partial charge in [0.05, 0.1) is 5.56 Å². The highest BCUT2D eigenvalue weighted by Gasteiger charge is 2.20. The number of aromatic hydroxyl groups is 1. The molecule has 0 bridgehead atoms. The molecule has 2 rings (SSSR count). The van der Waals surface area contributed by atoms with Crippen molar-refractivity contribution in [3.8, 4) is 16.9 Å². The first-order valence-corrected chi connectivity index (χ1v) is 6.46. The summed E-state index contributed by atoms with van der Waals surface area (Å²) in [6, 6.07) is 12.1. The van der Waals surface area contributed by atoms with Gasteiger partial charge in [0.2, 0.25) is 0 Å². The molecule has 104 valence electrons. The van der Waals surface area contributed by atoms with Gasteiger partial charge in [-0.3, -0.25) is 0 Å². The van der Waals surface area contributed by atoms with Crippen molar-refractivity contribution < 1.29 is 15.0 Å². The summed E-state index contributed by atoms with van der Waals surface area (Å²) in [6.45, 7) is 6.13. The number of hydrogen-bond donors (Lipinski definition) is 2. The Morgan fingerprint density at radius 1 is 1.05 bits per heavy atom. The fraction of sp³-hybridized carbons (Fsp3) is 0.235. The Morgan fingerprint density at radius 3 is 2.30 bits per heavy atom. The van der Waals surface area contributed by atoms with Crippen molar-refractivity contribution in [1.82, 2.24) is 0 Å². The second-order valence-corrected chi connectivity index (χ2v) is 5.87. The molecule has 0 amide bonds. The standard InChI is InChI=1S/C17H18O3/c1-17(2,3)15-10-12(16(19)20)7-8-14(15)11-5-4-6-13(18)9-11/h4-10,18H,1-3H3,(H,19,20). The lowest BCUT2D eigenvalue weighted by Crippen LogP contribution is -2.14. The van der Waals surface area contributed by atoms with Crippen LogP contribution >= 0.6 is 0 Å². The number of rotatable bonds is 2. The predicted octanol–water partition coefficient (Wildman–Crippen LogP) is 4.05. The second kappa shape index (κ2) is 5.00. The number of hydrogen-bond acceptors (Lipinski definition) is 2. The zero-order chi connectivity index (χ0) is 14.9. The molecule has 0 radical (unpaired) electrons. The van der Waals surface area contributed by atoms with E-state index < -0.39 is 5.97 Å². The van der Waals surface area contributed by atoms with Gasteiger partial charge in [-0.2, -0.15) is 0 Å². The Labute approximate surface area is 118 Å². The highest BCUT2D eigenvalue weighted by atomic mass is 16.4. The largest absolute Gasteiger partial charge is 0.508 e. The van der Waals surface area contributed by atoms with Gasteiger partial charge < -0.3 is 10.2 Å². The van der Waals surface area contributed by atoms with Crippen molar-refractivity contribution in [1.29, 1.82) is 0 Å². The molecule has 2 aromatic carbocycles. The van der Waals surface area contributed by atoms with Gasteiger partial charge in [0, 0.05) is 0 Å². The summed E-state index contributed by atoms with van der Waals surface area (Å²) in [5.74, 6) is -0.734. The van der Waals surface area contributed by atoms with Gasteiger partial charge in [0.25, 0.3) is 0 Å². The van der Waals surface area contributed by atoms with Crippen molar-refractivity contribution in [3.05, 3.63) is 53.6 Å². The summed E-state index contributed by atoms with van der Waals surface area (Å²) >= 11 is 0. The van der Waals surface area contributed by atoms with E-state index in [4.69, 9.17) is 5.11 Å². The fourth-order valence-electron chi connectivity index (χ4n) is 2.22. The minimum atomic E-state index is -0.932. The summed E-state index contributed by atoms with van der Waals surface area (Å²) < 4.78 is 0. The van der Waals surface area contributed by atoms with Crippen molar-refractivity contribution in [2.24, 2.45) is 0 Å². The van der Waals surface area contributed by atoms with Crippen LogP contribution in [0.15, 0.2) is 42.5 Å². The molecule has 0 atom stereocenters. The second-order valence-electron chi connectivity index (χ2n) is 5.87. The van der Waals surface area contributed by atoms with E-state index in [1.54, 1.807) is 36.4 Å². The third-order valence-electron chi connectivity index (χ3n) is 3.23. The van der Waals surface area contributed by atoms with E-state index in [1.165, 1.54) is 0 Å². The first-order valence-electron chi connectivity index (χ1n) is 6.46. The van der Waals surface area contributed by atoms with Crippen molar-refractivity contribution >= 4 is 5.97 Å². The van der Waals surface area contributed by atoms with E-state index in [0.717, 1.165) is 16.7 Å². The normalized spacial score (nSPS) is 11.3. The van der Waals surface area contributed by atoms with E-state index in [-0.39, 0.29) is 16.7 Å². The van der Waals surface area contributed by atoms with E-state index in [0.29, 0.717) is 0 Å². The van der Waals surface area contributed by atoms with Crippen molar-refractivity contribution in [3.63, 3.8) is 0 Å². The Bertz CT molecular complexity index is 652. The van der Waals surface area contributed by atoms with Crippen LogP contribution < -0.4 is 0 Å². The van der Waals surface area contributed by atoms with Gasteiger partial charge in [-0.25, -0.2) is 4.79 Å². The van der Waals surface area contributed by atoms with Crippen LogP contribution in [-0.4, -0.2) is 16.2 Å². The number of carboxylic acids is 1. The minimum Gasteiger partial charge on any atom is -0.508 e. The van der Waals surface area contributed by atoms with Crippen LogP contribution in [0.25, 0.3) is 11.1 Å². The van der Waals surface area contributed by atoms with Gasteiger partial charge in [0.1, 0.15) is 5.75 Å². The maximum atomic E-state index is 11.1. The average Bonchev–Trinajstić information content (AvgIpc) is 2.37. The lowest BCUT2D eigenvalue weighted by molar-refractivity contribution is 0.0696. The third kappa shape index (κ3) is 2.82. The van der Waals surface area contributed by atoms with Gasteiger partial charge in [-0.1, -0.05) is 39.0 Å². The number of benzene rings is 2. The molecular formula is C17H18O3. The molecule has 0 spiro atoms. The molecule has 0 fully saturated rings. The number of phenolic OH excluding ortho intramolecular Hbond substituents is 1. The molecule has 0 aromatic heterocycles. The quantitative estimate of drug-likeness (QED) is 0.865. The monoisotopic (exact) mass is 270 g/mol. The molecule has 3 heteroatoms. The summed E-state index contributed by atoms with van der Waals surface area (Å²) in [6.07, 6.45) is 0. The molecule has 3 nitrogen and oxygen atoms in total. The highest BCUT2D eigenvalue weighted by molar-refractivity contribution is 5.89. The number of carboxylic acid groups (broad SMARTS) is 1. The van der Waals surface area contributed by atoms with Crippen LogP contribution in [0.3, 0.4) is 0 Å². The topological polar surface area (TPSA) is 57.5 Å². The SMILES string of the molecule is CC(C)(C)c1cc(C(=O)O)ccc1-c1cccc(O)c1. The maximum absolute atomic E-state index is 11.1. The van der Waals surface area contributed by atoms with Crippen LogP contribution in [0.4, 0.5) is 0 Å². The third-order valence-corrected chi connectivity index (χ3v) is 3.23. The van der Waals surface area contributed by atoms with Crippen LogP contribution in [0.1, 0.15) is 36.7 Å². The Morgan fingerprint density at radius 2 is 1.75 bits per heavy atom. The Balaban J connectivity index is 2.67. The number of aromatic carboxylic acids is 1. The van der Waals surface area contributed by atoms with E-state index in [2.05, 4.69) is 0 Å². The summed E-state index contributed by atoms with van der Waals surface area (Å²) in [4.78, 5) is 11.1.